The number of fused-ring (bicyclic) bond motifs is 1. The average molecular weight is 394 g/mol. The smallest absolute Gasteiger partial charge is 0.275 e. The van der Waals surface area contributed by atoms with E-state index in [1.54, 1.807) is 4.68 Å². The standard InChI is InChI=1S/C22H26N4O3/c1-3-25-12-16(15-8-4-5-9-17(15)25)22(10-6-7-11-22)14-26-13-18(27)20(28)19(24-26)21(29)23-2/h4-5,8-9,12-13,27H,3,6-7,10-11,14H2,1-2H3,(H,23,29). The van der Waals surface area contributed by atoms with Gasteiger partial charge in [-0.2, -0.15) is 5.10 Å². The SMILES string of the molecule is CCn1cc(C2(Cn3cc(O)c(=O)c(C(=O)NC)n3)CCCC2)c2ccccc21. The van der Waals surface area contributed by atoms with Gasteiger partial charge in [-0.25, -0.2) is 0 Å². The van der Waals surface area contributed by atoms with Gasteiger partial charge in [0.2, 0.25) is 0 Å². The third kappa shape index (κ3) is 3.20. The summed E-state index contributed by atoms with van der Waals surface area (Å²) in [4.78, 5) is 24.2. The largest absolute Gasteiger partial charge is 0.503 e. The van der Waals surface area contributed by atoms with Gasteiger partial charge >= 0.3 is 0 Å². The van der Waals surface area contributed by atoms with Crippen LogP contribution in [0.15, 0.2) is 41.5 Å². The fourth-order valence-corrected chi connectivity index (χ4v) is 4.68. The maximum Gasteiger partial charge on any atom is 0.275 e. The van der Waals surface area contributed by atoms with Gasteiger partial charge < -0.3 is 15.0 Å². The van der Waals surface area contributed by atoms with Gasteiger partial charge in [0, 0.05) is 36.1 Å². The highest BCUT2D eigenvalue weighted by Crippen LogP contribution is 2.45. The molecule has 0 unspecified atom stereocenters. The number of carbonyl (C=O) groups is 1. The Hall–Kier alpha value is -3.09. The lowest BCUT2D eigenvalue weighted by Gasteiger charge is -2.29. The molecule has 1 aliphatic carbocycles. The second-order valence-electron chi connectivity index (χ2n) is 7.80. The zero-order chi connectivity index (χ0) is 20.6. The Bertz CT molecular complexity index is 1120. The summed E-state index contributed by atoms with van der Waals surface area (Å²) >= 11 is 0. The number of nitrogens with zero attached hydrogens (tertiary/aromatic N) is 3. The summed E-state index contributed by atoms with van der Waals surface area (Å²) in [6, 6.07) is 8.40. The number of nitrogens with one attached hydrogen (secondary N) is 1. The zero-order valence-electron chi connectivity index (χ0n) is 16.8. The van der Waals surface area contributed by atoms with Crippen molar-refractivity contribution in [2.24, 2.45) is 0 Å². The van der Waals surface area contributed by atoms with Crippen molar-refractivity contribution in [3.05, 3.63) is 58.1 Å². The van der Waals surface area contributed by atoms with Crippen LogP contribution in [0.2, 0.25) is 0 Å². The van der Waals surface area contributed by atoms with E-state index in [-0.39, 0.29) is 11.1 Å². The summed E-state index contributed by atoms with van der Waals surface area (Å²) in [6.45, 7) is 3.52. The van der Waals surface area contributed by atoms with Gasteiger partial charge in [0.05, 0.1) is 12.7 Å². The number of hydrogen-bond donors (Lipinski definition) is 2. The molecule has 0 bridgehead atoms. The minimum Gasteiger partial charge on any atom is -0.503 e. The summed E-state index contributed by atoms with van der Waals surface area (Å²) in [6.07, 6.45) is 7.79. The van der Waals surface area contributed by atoms with Gasteiger partial charge in [-0.1, -0.05) is 31.0 Å². The number of para-hydroxylation sites is 1. The molecule has 0 saturated heterocycles. The lowest BCUT2D eigenvalue weighted by molar-refractivity contribution is 0.0953. The molecule has 1 aliphatic rings. The Labute approximate surface area is 169 Å². The van der Waals surface area contributed by atoms with Crippen molar-refractivity contribution in [2.75, 3.05) is 7.05 Å². The van der Waals surface area contributed by atoms with E-state index in [1.165, 1.54) is 29.7 Å². The van der Waals surface area contributed by atoms with Crippen LogP contribution in [0, 0.1) is 0 Å². The number of carbonyl (C=O) groups excluding carboxylic acids is 1. The minimum atomic E-state index is -0.747. The highest BCUT2D eigenvalue weighted by Gasteiger charge is 2.38. The molecule has 0 aliphatic heterocycles. The molecule has 1 amide bonds. The number of benzene rings is 1. The average Bonchev–Trinajstić information content (AvgIpc) is 3.35. The van der Waals surface area contributed by atoms with Crippen molar-refractivity contribution >= 4 is 16.8 Å². The number of hydrogen-bond acceptors (Lipinski definition) is 4. The van der Waals surface area contributed by atoms with Crippen LogP contribution < -0.4 is 10.7 Å². The molecule has 1 aromatic carbocycles. The topological polar surface area (TPSA) is 89.1 Å². The third-order valence-electron chi connectivity index (χ3n) is 6.12. The summed E-state index contributed by atoms with van der Waals surface area (Å²) in [5.41, 5.74) is 1.29. The highest BCUT2D eigenvalue weighted by atomic mass is 16.3. The summed E-state index contributed by atoms with van der Waals surface area (Å²) in [5, 5.41) is 18.0. The Morgan fingerprint density at radius 2 is 1.97 bits per heavy atom. The van der Waals surface area contributed by atoms with Crippen LogP contribution in [0.5, 0.6) is 5.75 Å². The first-order valence-electron chi connectivity index (χ1n) is 10.1. The molecule has 1 fully saturated rings. The summed E-state index contributed by atoms with van der Waals surface area (Å²) in [7, 11) is 1.44. The molecule has 2 heterocycles. The third-order valence-corrected chi connectivity index (χ3v) is 6.12. The predicted molar refractivity (Wildman–Crippen MR) is 111 cm³/mol. The van der Waals surface area contributed by atoms with E-state index in [0.717, 1.165) is 32.2 Å². The first-order valence-corrected chi connectivity index (χ1v) is 10.1. The summed E-state index contributed by atoms with van der Waals surface area (Å²) < 4.78 is 3.82. The van der Waals surface area contributed by atoms with Crippen molar-refractivity contribution in [1.29, 1.82) is 0 Å². The Balaban J connectivity index is 1.84. The van der Waals surface area contributed by atoms with Crippen molar-refractivity contribution in [2.45, 2.75) is 51.1 Å². The fourth-order valence-electron chi connectivity index (χ4n) is 4.68. The van der Waals surface area contributed by atoms with Gasteiger partial charge in [0.1, 0.15) is 0 Å². The van der Waals surface area contributed by atoms with E-state index in [1.807, 2.05) is 0 Å². The van der Waals surface area contributed by atoms with E-state index in [2.05, 4.69) is 52.4 Å². The molecule has 152 valence electrons. The lowest BCUT2D eigenvalue weighted by atomic mass is 9.78. The van der Waals surface area contributed by atoms with Gasteiger partial charge in [-0.3, -0.25) is 14.3 Å². The molecule has 4 rings (SSSR count). The minimum absolute atomic E-state index is 0.158. The van der Waals surface area contributed by atoms with Gasteiger partial charge in [0.15, 0.2) is 11.4 Å². The molecule has 0 spiro atoms. The van der Waals surface area contributed by atoms with Crippen LogP contribution >= 0.6 is 0 Å². The quantitative estimate of drug-likeness (QED) is 0.696. The Kier molecular flexibility index (Phi) is 4.90. The second-order valence-corrected chi connectivity index (χ2v) is 7.80. The van der Waals surface area contributed by atoms with Gasteiger partial charge in [-0.05, 0) is 31.4 Å². The van der Waals surface area contributed by atoms with Crippen LogP contribution in [0.25, 0.3) is 10.9 Å². The van der Waals surface area contributed by atoms with Gasteiger partial charge in [0.25, 0.3) is 11.3 Å². The van der Waals surface area contributed by atoms with Gasteiger partial charge in [-0.15, -0.1) is 0 Å². The first kappa shape index (κ1) is 19.2. The fraction of sp³-hybridized carbons (Fsp3) is 0.409. The Morgan fingerprint density at radius 1 is 1.24 bits per heavy atom. The highest BCUT2D eigenvalue weighted by molar-refractivity contribution is 5.92. The zero-order valence-corrected chi connectivity index (χ0v) is 16.8. The van der Waals surface area contributed by atoms with Crippen LogP contribution in [0.1, 0.15) is 48.7 Å². The van der Waals surface area contributed by atoms with E-state index in [0.29, 0.717) is 6.54 Å². The van der Waals surface area contributed by atoms with Crippen LogP contribution in [-0.4, -0.2) is 32.4 Å². The number of aromatic hydroxyl groups is 1. The van der Waals surface area contributed by atoms with E-state index >= 15 is 0 Å². The van der Waals surface area contributed by atoms with Crippen LogP contribution in [-0.2, 0) is 18.5 Å². The van der Waals surface area contributed by atoms with Crippen molar-refractivity contribution in [3.63, 3.8) is 0 Å². The summed E-state index contributed by atoms with van der Waals surface area (Å²) in [5.74, 6) is -1.05. The lowest BCUT2D eigenvalue weighted by Crippen LogP contribution is -2.33. The monoisotopic (exact) mass is 394 g/mol. The molecule has 2 aromatic heterocycles. The molecule has 7 heteroatoms. The van der Waals surface area contributed by atoms with E-state index in [9.17, 15) is 14.7 Å². The Morgan fingerprint density at radius 3 is 2.66 bits per heavy atom. The van der Waals surface area contributed by atoms with Crippen molar-refractivity contribution < 1.29 is 9.90 Å². The second kappa shape index (κ2) is 7.39. The van der Waals surface area contributed by atoms with E-state index < -0.39 is 17.1 Å². The first-order chi connectivity index (χ1) is 14.0. The van der Waals surface area contributed by atoms with Crippen LogP contribution in [0.3, 0.4) is 0 Å². The molecule has 3 aromatic rings. The number of aryl methyl sites for hydroxylation is 1. The number of rotatable bonds is 5. The maximum atomic E-state index is 12.1. The molecule has 0 radical (unpaired) electrons. The molecule has 2 N–H and O–H groups in total. The van der Waals surface area contributed by atoms with Crippen molar-refractivity contribution in [1.82, 2.24) is 19.7 Å². The normalized spacial score (nSPS) is 15.7. The maximum absolute atomic E-state index is 12.1. The molecule has 1 saturated carbocycles. The molecule has 7 nitrogen and oxygen atoms in total. The molecule has 29 heavy (non-hydrogen) atoms. The van der Waals surface area contributed by atoms with Crippen LogP contribution in [0.4, 0.5) is 0 Å². The molecular weight excluding hydrogens is 368 g/mol. The van der Waals surface area contributed by atoms with Crippen molar-refractivity contribution in [3.8, 4) is 5.75 Å². The number of amides is 1. The number of aromatic nitrogens is 3. The molecule has 0 atom stereocenters. The van der Waals surface area contributed by atoms with E-state index in [4.69, 9.17) is 0 Å². The molecular formula is C22H26N4O3. The predicted octanol–water partition coefficient (Wildman–Crippen LogP) is 2.80.